The van der Waals surface area contributed by atoms with E-state index in [0.29, 0.717) is 38.6 Å². The number of likely N-dealkylation sites (tertiary alicyclic amines) is 3. The second kappa shape index (κ2) is 8.27. The number of nitrogens with zero attached hydrogens (tertiary/aromatic N) is 3. The lowest BCUT2D eigenvalue weighted by Crippen LogP contribution is -2.48. The Bertz CT molecular complexity index is 537. The van der Waals surface area contributed by atoms with Crippen LogP contribution >= 0.6 is 0 Å². The van der Waals surface area contributed by atoms with Crippen LogP contribution in [0.3, 0.4) is 0 Å². The van der Waals surface area contributed by atoms with Gasteiger partial charge in [-0.2, -0.15) is 0 Å². The van der Waals surface area contributed by atoms with Crippen LogP contribution in [0.4, 0.5) is 4.79 Å². The van der Waals surface area contributed by atoms with E-state index in [0.717, 1.165) is 38.8 Å². The second-order valence-electron chi connectivity index (χ2n) is 7.87. The molecule has 0 N–H and O–H groups in total. The minimum Gasteiger partial charge on any atom is -0.450 e. The van der Waals surface area contributed by atoms with Gasteiger partial charge in [0.15, 0.2) is 0 Å². The van der Waals surface area contributed by atoms with Gasteiger partial charge in [0.05, 0.1) is 12.5 Å². The minimum absolute atomic E-state index is 0.0864. The number of carbonyl (C=O) groups is 3. The molecule has 3 heterocycles. The van der Waals surface area contributed by atoms with E-state index in [4.69, 9.17) is 4.74 Å². The molecule has 3 aliphatic rings. The van der Waals surface area contributed by atoms with Crippen LogP contribution in [0.5, 0.6) is 0 Å². The van der Waals surface area contributed by atoms with Crippen LogP contribution in [0.15, 0.2) is 0 Å². The summed E-state index contributed by atoms with van der Waals surface area (Å²) in [6, 6.07) is 0.132. The molecule has 26 heavy (non-hydrogen) atoms. The SMILES string of the molecule is CCOC(=O)N1CCC(N2CC(C(=O)N3CCC(C)CC3)CC2=O)CC1. The van der Waals surface area contributed by atoms with Gasteiger partial charge in [-0.05, 0) is 38.5 Å². The van der Waals surface area contributed by atoms with Crippen LogP contribution in [0, 0.1) is 11.8 Å². The zero-order valence-electron chi connectivity index (χ0n) is 16.0. The fourth-order valence-electron chi connectivity index (χ4n) is 4.31. The first-order valence-electron chi connectivity index (χ1n) is 9.99. The first-order chi connectivity index (χ1) is 12.5. The monoisotopic (exact) mass is 365 g/mol. The van der Waals surface area contributed by atoms with Crippen molar-refractivity contribution >= 4 is 17.9 Å². The molecule has 1 atom stereocenters. The van der Waals surface area contributed by atoms with Crippen LogP contribution in [0.2, 0.25) is 0 Å². The van der Waals surface area contributed by atoms with Gasteiger partial charge >= 0.3 is 6.09 Å². The minimum atomic E-state index is -0.272. The third-order valence-electron chi connectivity index (χ3n) is 6.03. The molecule has 1 unspecified atom stereocenters. The molecular weight excluding hydrogens is 334 g/mol. The molecular formula is C19H31N3O4. The summed E-state index contributed by atoms with van der Waals surface area (Å²) in [5.41, 5.74) is 0. The van der Waals surface area contributed by atoms with Gasteiger partial charge in [-0.1, -0.05) is 6.92 Å². The highest BCUT2D eigenvalue weighted by Gasteiger charge is 2.41. The van der Waals surface area contributed by atoms with Crippen molar-refractivity contribution in [1.82, 2.24) is 14.7 Å². The number of hydrogen-bond acceptors (Lipinski definition) is 4. The van der Waals surface area contributed by atoms with E-state index in [2.05, 4.69) is 6.92 Å². The van der Waals surface area contributed by atoms with Crippen molar-refractivity contribution in [2.45, 2.75) is 52.0 Å². The summed E-state index contributed by atoms with van der Waals surface area (Å²) in [6.07, 6.45) is 3.69. The van der Waals surface area contributed by atoms with Crippen LogP contribution in [0.25, 0.3) is 0 Å². The van der Waals surface area contributed by atoms with Gasteiger partial charge < -0.3 is 19.4 Å². The van der Waals surface area contributed by atoms with Crippen molar-refractivity contribution in [1.29, 1.82) is 0 Å². The molecule has 7 heteroatoms. The first kappa shape index (κ1) is 19.0. The Balaban J connectivity index is 1.51. The third-order valence-corrected chi connectivity index (χ3v) is 6.03. The molecule has 0 spiro atoms. The predicted molar refractivity (Wildman–Crippen MR) is 96.4 cm³/mol. The lowest BCUT2D eigenvalue weighted by Gasteiger charge is -2.36. The highest BCUT2D eigenvalue weighted by atomic mass is 16.6. The fraction of sp³-hybridized carbons (Fsp3) is 0.842. The topological polar surface area (TPSA) is 70.2 Å². The van der Waals surface area contributed by atoms with Crippen molar-refractivity contribution in [3.8, 4) is 0 Å². The van der Waals surface area contributed by atoms with Crippen molar-refractivity contribution < 1.29 is 19.1 Å². The third kappa shape index (κ3) is 4.13. The lowest BCUT2D eigenvalue weighted by atomic mass is 9.97. The molecule has 0 aromatic carbocycles. The normalized spacial score (nSPS) is 25.7. The average molecular weight is 365 g/mol. The Morgan fingerprint density at radius 1 is 1.04 bits per heavy atom. The maximum absolute atomic E-state index is 12.8. The number of hydrogen-bond donors (Lipinski definition) is 0. The van der Waals surface area contributed by atoms with Crippen molar-refractivity contribution in [2.75, 3.05) is 39.3 Å². The number of rotatable bonds is 3. The average Bonchev–Trinajstić information content (AvgIpc) is 3.04. The second-order valence-corrected chi connectivity index (χ2v) is 7.87. The summed E-state index contributed by atoms with van der Waals surface area (Å²) in [7, 11) is 0. The van der Waals surface area contributed by atoms with Gasteiger partial charge in [0.2, 0.25) is 11.8 Å². The zero-order valence-corrected chi connectivity index (χ0v) is 16.0. The molecule has 3 saturated heterocycles. The van der Waals surface area contributed by atoms with E-state index in [1.807, 2.05) is 9.80 Å². The largest absolute Gasteiger partial charge is 0.450 e. The standard InChI is InChI=1S/C19H31N3O4/c1-3-26-19(25)21-10-6-16(7-11-21)22-13-15(12-17(22)23)18(24)20-8-4-14(2)5-9-20/h14-16H,3-13H2,1-2H3. The molecule has 7 nitrogen and oxygen atoms in total. The van der Waals surface area contributed by atoms with Crippen LogP contribution in [-0.4, -0.2) is 78.0 Å². The number of piperidine rings is 2. The summed E-state index contributed by atoms with van der Waals surface area (Å²) in [5.74, 6) is 0.726. The van der Waals surface area contributed by atoms with Gasteiger partial charge in [0.25, 0.3) is 0 Å². The molecule has 3 amide bonds. The van der Waals surface area contributed by atoms with Crippen LogP contribution in [0.1, 0.15) is 46.0 Å². The van der Waals surface area contributed by atoms with E-state index in [9.17, 15) is 14.4 Å². The summed E-state index contributed by atoms with van der Waals surface area (Å²) < 4.78 is 5.04. The Kier molecular flexibility index (Phi) is 6.04. The van der Waals surface area contributed by atoms with Crippen molar-refractivity contribution in [3.05, 3.63) is 0 Å². The number of amides is 3. The van der Waals surface area contributed by atoms with Crippen LogP contribution < -0.4 is 0 Å². The van der Waals surface area contributed by atoms with Crippen molar-refractivity contribution in [3.63, 3.8) is 0 Å². The van der Waals surface area contributed by atoms with E-state index in [1.54, 1.807) is 11.8 Å². The number of ether oxygens (including phenoxy) is 1. The molecule has 3 aliphatic heterocycles. The van der Waals surface area contributed by atoms with Crippen LogP contribution in [-0.2, 0) is 14.3 Å². The summed E-state index contributed by atoms with van der Waals surface area (Å²) in [6.45, 7) is 7.80. The Labute approximate surface area is 155 Å². The van der Waals surface area contributed by atoms with E-state index in [-0.39, 0.29) is 29.9 Å². The predicted octanol–water partition coefficient (Wildman–Crippen LogP) is 1.71. The quantitative estimate of drug-likeness (QED) is 0.763. The first-order valence-corrected chi connectivity index (χ1v) is 9.99. The summed E-state index contributed by atoms with van der Waals surface area (Å²) in [4.78, 5) is 42.6. The molecule has 0 saturated carbocycles. The fourth-order valence-corrected chi connectivity index (χ4v) is 4.31. The molecule has 3 fully saturated rings. The van der Waals surface area contributed by atoms with Gasteiger partial charge in [-0.15, -0.1) is 0 Å². The van der Waals surface area contributed by atoms with E-state index >= 15 is 0 Å². The highest BCUT2D eigenvalue weighted by Crippen LogP contribution is 2.28. The maximum atomic E-state index is 12.8. The highest BCUT2D eigenvalue weighted by molar-refractivity contribution is 5.89. The lowest BCUT2D eigenvalue weighted by molar-refractivity contribution is -0.137. The van der Waals surface area contributed by atoms with Crippen molar-refractivity contribution in [2.24, 2.45) is 11.8 Å². The smallest absolute Gasteiger partial charge is 0.409 e. The molecule has 0 aromatic heterocycles. The molecule has 3 rings (SSSR count). The maximum Gasteiger partial charge on any atom is 0.409 e. The molecule has 0 aliphatic carbocycles. The van der Waals surface area contributed by atoms with Gasteiger partial charge in [0, 0.05) is 45.2 Å². The van der Waals surface area contributed by atoms with E-state index in [1.165, 1.54) is 0 Å². The molecule has 0 aromatic rings. The Hall–Kier alpha value is -1.79. The summed E-state index contributed by atoms with van der Waals surface area (Å²) in [5, 5.41) is 0. The number of carbonyl (C=O) groups excluding carboxylic acids is 3. The molecule has 146 valence electrons. The molecule has 0 bridgehead atoms. The van der Waals surface area contributed by atoms with E-state index < -0.39 is 0 Å². The Morgan fingerprint density at radius 2 is 1.65 bits per heavy atom. The van der Waals surface area contributed by atoms with Gasteiger partial charge in [0.1, 0.15) is 0 Å². The van der Waals surface area contributed by atoms with Gasteiger partial charge in [-0.3, -0.25) is 9.59 Å². The van der Waals surface area contributed by atoms with Gasteiger partial charge in [-0.25, -0.2) is 4.79 Å². The molecule has 0 radical (unpaired) electrons. The zero-order chi connectivity index (χ0) is 18.7. The Morgan fingerprint density at radius 3 is 2.27 bits per heavy atom. The summed E-state index contributed by atoms with van der Waals surface area (Å²) >= 11 is 0.